The van der Waals surface area contributed by atoms with E-state index in [1.165, 1.54) is 0 Å². The molecule has 0 aromatic carbocycles. The maximum Gasteiger partial charge on any atom is 0.274 e. The second-order valence-electron chi connectivity index (χ2n) is 5.89. The quantitative estimate of drug-likeness (QED) is 0.778. The van der Waals surface area contributed by atoms with Crippen LogP contribution in [0.2, 0.25) is 0 Å². The molecule has 1 fully saturated rings. The summed E-state index contributed by atoms with van der Waals surface area (Å²) in [7, 11) is 0. The summed E-state index contributed by atoms with van der Waals surface area (Å²) in [5.41, 5.74) is 1.37. The summed E-state index contributed by atoms with van der Waals surface area (Å²) in [5.74, 6) is 0.268. The van der Waals surface area contributed by atoms with Gasteiger partial charge in [0.1, 0.15) is 10.0 Å². The highest BCUT2D eigenvalue weighted by Crippen LogP contribution is 2.30. The van der Waals surface area contributed by atoms with Gasteiger partial charge in [-0.1, -0.05) is 6.07 Å². The summed E-state index contributed by atoms with van der Waals surface area (Å²) in [6.07, 6.45) is 2.04. The van der Waals surface area contributed by atoms with Crippen molar-refractivity contribution in [1.82, 2.24) is 25.3 Å². The number of aryl methyl sites for hydroxylation is 1. The number of aromatic amines is 1. The molecule has 0 radical (unpaired) electrons. The molecule has 4 rings (SSSR count). The maximum absolute atomic E-state index is 12.8. The first-order chi connectivity index (χ1) is 11.7. The molecule has 1 atom stereocenters. The molecule has 1 unspecified atom stereocenters. The standard InChI is InChI=1S/C16H17N5OS2/c1-10-17-20-15(24-10)11-4-2-6-21(9-11)16(22)13-8-12(18-19-13)14-5-3-7-23-14/h3,5,7-8,11H,2,4,6,9H2,1H3,(H,18,19). The van der Waals surface area contributed by atoms with Crippen LogP contribution in [0, 0.1) is 6.92 Å². The Morgan fingerprint density at radius 3 is 3.08 bits per heavy atom. The first-order valence-electron chi connectivity index (χ1n) is 7.89. The lowest BCUT2D eigenvalue weighted by molar-refractivity contribution is 0.0701. The monoisotopic (exact) mass is 359 g/mol. The van der Waals surface area contributed by atoms with Crippen molar-refractivity contribution in [2.75, 3.05) is 13.1 Å². The van der Waals surface area contributed by atoms with E-state index in [9.17, 15) is 4.79 Å². The molecule has 124 valence electrons. The molecule has 0 saturated carbocycles. The Morgan fingerprint density at radius 2 is 2.33 bits per heavy atom. The Bertz CT molecular complexity index is 838. The van der Waals surface area contributed by atoms with Gasteiger partial charge >= 0.3 is 0 Å². The number of hydrogen-bond acceptors (Lipinski definition) is 6. The Labute approximate surface area is 147 Å². The topological polar surface area (TPSA) is 74.8 Å². The van der Waals surface area contributed by atoms with E-state index < -0.39 is 0 Å². The first-order valence-corrected chi connectivity index (χ1v) is 9.59. The summed E-state index contributed by atoms with van der Waals surface area (Å²) in [5, 5.41) is 19.6. The zero-order valence-electron chi connectivity index (χ0n) is 13.2. The first kappa shape index (κ1) is 15.5. The van der Waals surface area contributed by atoms with Crippen molar-refractivity contribution in [2.45, 2.75) is 25.7 Å². The van der Waals surface area contributed by atoms with Crippen LogP contribution in [0.15, 0.2) is 23.6 Å². The molecule has 24 heavy (non-hydrogen) atoms. The van der Waals surface area contributed by atoms with E-state index in [1.807, 2.05) is 35.4 Å². The number of rotatable bonds is 3. The number of thiophene rings is 1. The van der Waals surface area contributed by atoms with E-state index in [0.29, 0.717) is 12.2 Å². The van der Waals surface area contributed by atoms with Crippen LogP contribution in [0.4, 0.5) is 0 Å². The third-order valence-electron chi connectivity index (χ3n) is 4.18. The molecule has 1 N–H and O–H groups in total. The normalized spacial score (nSPS) is 18.0. The molecule has 3 aromatic rings. The van der Waals surface area contributed by atoms with Gasteiger partial charge in [0.2, 0.25) is 0 Å². The number of carbonyl (C=O) groups excluding carboxylic acids is 1. The fourth-order valence-corrected chi connectivity index (χ4v) is 4.51. The Balaban J connectivity index is 1.50. The largest absolute Gasteiger partial charge is 0.337 e. The number of nitrogens with one attached hydrogen (secondary N) is 1. The van der Waals surface area contributed by atoms with Gasteiger partial charge in [0, 0.05) is 19.0 Å². The molecule has 0 bridgehead atoms. The van der Waals surface area contributed by atoms with E-state index in [0.717, 1.165) is 40.0 Å². The number of likely N-dealkylation sites (tertiary alicyclic amines) is 1. The van der Waals surface area contributed by atoms with Gasteiger partial charge in [-0.05, 0) is 37.3 Å². The smallest absolute Gasteiger partial charge is 0.274 e. The summed E-state index contributed by atoms with van der Waals surface area (Å²) in [6.45, 7) is 3.42. The zero-order chi connectivity index (χ0) is 16.5. The number of nitrogens with zero attached hydrogens (tertiary/aromatic N) is 4. The summed E-state index contributed by atoms with van der Waals surface area (Å²) < 4.78 is 0. The van der Waals surface area contributed by atoms with E-state index in [4.69, 9.17) is 0 Å². The summed E-state index contributed by atoms with van der Waals surface area (Å²) in [6, 6.07) is 5.84. The predicted molar refractivity (Wildman–Crippen MR) is 94.4 cm³/mol. The lowest BCUT2D eigenvalue weighted by atomic mass is 9.98. The highest BCUT2D eigenvalue weighted by atomic mass is 32.1. The molecule has 1 aliphatic rings. The highest BCUT2D eigenvalue weighted by molar-refractivity contribution is 7.13. The van der Waals surface area contributed by atoms with Gasteiger partial charge in [-0.2, -0.15) is 5.10 Å². The van der Waals surface area contributed by atoms with Crippen LogP contribution < -0.4 is 0 Å². The molecule has 1 saturated heterocycles. The Kier molecular flexibility index (Phi) is 4.15. The van der Waals surface area contributed by atoms with Crippen molar-refractivity contribution < 1.29 is 4.79 Å². The Morgan fingerprint density at radius 1 is 1.42 bits per heavy atom. The van der Waals surface area contributed by atoms with Crippen molar-refractivity contribution in [2.24, 2.45) is 0 Å². The molecule has 6 nitrogen and oxygen atoms in total. The third-order valence-corrected chi connectivity index (χ3v) is 6.09. The van der Waals surface area contributed by atoms with Gasteiger partial charge < -0.3 is 4.90 Å². The summed E-state index contributed by atoms with van der Waals surface area (Å²) >= 11 is 3.25. The van der Waals surface area contributed by atoms with Gasteiger partial charge in [-0.15, -0.1) is 32.9 Å². The van der Waals surface area contributed by atoms with Gasteiger partial charge in [0.25, 0.3) is 5.91 Å². The highest BCUT2D eigenvalue weighted by Gasteiger charge is 2.28. The fraction of sp³-hybridized carbons (Fsp3) is 0.375. The van der Waals surface area contributed by atoms with Crippen LogP contribution in [0.25, 0.3) is 10.6 Å². The molecule has 3 aromatic heterocycles. The van der Waals surface area contributed by atoms with Gasteiger partial charge in [-0.3, -0.25) is 9.89 Å². The number of H-pyrrole nitrogens is 1. The van der Waals surface area contributed by atoms with Gasteiger partial charge in [0.15, 0.2) is 5.69 Å². The zero-order valence-corrected chi connectivity index (χ0v) is 14.9. The van der Waals surface area contributed by atoms with Crippen LogP contribution in [0.1, 0.15) is 39.3 Å². The molecule has 0 aliphatic carbocycles. The van der Waals surface area contributed by atoms with Crippen molar-refractivity contribution in [3.63, 3.8) is 0 Å². The van der Waals surface area contributed by atoms with Crippen molar-refractivity contribution in [3.8, 4) is 10.6 Å². The molecule has 1 amide bonds. The second-order valence-corrected chi connectivity index (χ2v) is 8.05. The van der Waals surface area contributed by atoms with Crippen LogP contribution >= 0.6 is 22.7 Å². The molecular formula is C16H17N5OS2. The van der Waals surface area contributed by atoms with Gasteiger partial charge in [-0.25, -0.2) is 0 Å². The molecule has 4 heterocycles. The van der Waals surface area contributed by atoms with E-state index in [1.54, 1.807) is 22.7 Å². The molecular weight excluding hydrogens is 342 g/mol. The molecule has 8 heteroatoms. The minimum absolute atomic E-state index is 0.0139. The van der Waals surface area contributed by atoms with Gasteiger partial charge in [0.05, 0.1) is 10.6 Å². The average molecular weight is 359 g/mol. The molecule has 0 spiro atoms. The number of carbonyl (C=O) groups is 1. The lowest BCUT2D eigenvalue weighted by Gasteiger charge is -2.31. The van der Waals surface area contributed by atoms with Crippen LogP contribution in [0.3, 0.4) is 0 Å². The van der Waals surface area contributed by atoms with Crippen molar-refractivity contribution in [1.29, 1.82) is 0 Å². The second kappa shape index (κ2) is 6.45. The van der Waals surface area contributed by atoms with E-state index in [2.05, 4.69) is 20.4 Å². The number of piperidine rings is 1. The lowest BCUT2D eigenvalue weighted by Crippen LogP contribution is -2.39. The fourth-order valence-electron chi connectivity index (χ4n) is 2.99. The average Bonchev–Trinajstić information content (AvgIpc) is 3.34. The maximum atomic E-state index is 12.8. The minimum Gasteiger partial charge on any atom is -0.337 e. The van der Waals surface area contributed by atoms with Crippen LogP contribution in [-0.2, 0) is 0 Å². The van der Waals surface area contributed by atoms with Crippen molar-refractivity contribution >= 4 is 28.6 Å². The van der Waals surface area contributed by atoms with Crippen LogP contribution in [0.5, 0.6) is 0 Å². The number of aromatic nitrogens is 4. The third kappa shape index (κ3) is 2.99. The predicted octanol–water partition coefficient (Wildman–Crippen LogP) is 3.32. The molecule has 1 aliphatic heterocycles. The minimum atomic E-state index is -0.0139. The number of amides is 1. The van der Waals surface area contributed by atoms with Crippen molar-refractivity contribution in [3.05, 3.63) is 39.3 Å². The van der Waals surface area contributed by atoms with E-state index >= 15 is 0 Å². The van der Waals surface area contributed by atoms with Crippen LogP contribution in [-0.4, -0.2) is 44.3 Å². The SMILES string of the molecule is Cc1nnc(C2CCCN(C(=O)c3cc(-c4cccs4)[nH]n3)C2)s1. The van der Waals surface area contributed by atoms with E-state index in [-0.39, 0.29) is 11.8 Å². The summed E-state index contributed by atoms with van der Waals surface area (Å²) in [4.78, 5) is 15.8. The Hall–Kier alpha value is -2.06. The number of hydrogen-bond donors (Lipinski definition) is 1.